The predicted octanol–water partition coefficient (Wildman–Crippen LogP) is -2.83. The molecule has 2 aromatic carbocycles. The summed E-state index contributed by atoms with van der Waals surface area (Å²) in [7, 11) is 0. The van der Waals surface area contributed by atoms with Gasteiger partial charge in [-0.2, -0.15) is 0 Å². The van der Waals surface area contributed by atoms with Gasteiger partial charge < -0.3 is 64.8 Å². The molecule has 2 aromatic rings. The van der Waals surface area contributed by atoms with Crippen molar-refractivity contribution in [2.75, 3.05) is 26.2 Å². The summed E-state index contributed by atoms with van der Waals surface area (Å²) in [5.74, 6) is -6.26. The van der Waals surface area contributed by atoms with Crippen LogP contribution in [0.15, 0.2) is 54.6 Å². The summed E-state index contributed by atoms with van der Waals surface area (Å²) in [6, 6.07) is 6.72. The number of hydrogen-bond donors (Lipinski definition) is 12. The number of hydrogen-bond acceptors (Lipinski definition) is 12. The molecule has 8 atom stereocenters. The number of carbonyl (C=O) groups is 8. The zero-order valence-corrected chi connectivity index (χ0v) is 37.1. The topological polar surface area (TPSA) is 331 Å². The fraction of sp³-hybridized carbons (Fsp3) is 0.545. The Balaban J connectivity index is 2.09. The molecule has 0 unspecified atom stereocenters. The number of amides is 8. The molecule has 64 heavy (non-hydrogen) atoms. The van der Waals surface area contributed by atoms with Gasteiger partial charge in [0, 0.05) is 13.0 Å². The van der Waals surface area contributed by atoms with Gasteiger partial charge in [0.2, 0.25) is 47.3 Å². The summed E-state index contributed by atoms with van der Waals surface area (Å²) in [5.41, 5.74) is 19.8. The van der Waals surface area contributed by atoms with Crippen LogP contribution in [-0.4, -0.2) is 127 Å². The molecule has 1 fully saturated rings. The predicted molar refractivity (Wildman–Crippen MR) is 238 cm³/mol. The normalized spacial score (nSPS) is 24.2. The van der Waals surface area contributed by atoms with Crippen LogP contribution in [0.5, 0.6) is 0 Å². The van der Waals surface area contributed by atoms with Crippen molar-refractivity contribution in [3.05, 3.63) is 71.3 Å². The standard InChI is InChI=1S/C44H67N11O9/c1-25(2)22-34-42(62)52-30(14-18-45)38(58)51-32(16-20-47)41(61)55-37(27(4)56)44(64)48-21-17-33(49-36(57)24-29-12-10-26(3)11-13-29)40(60)50-31(15-19-46)39(59)54-35(43(63)53-34)23-28-8-6-5-7-9-28/h5-13,25,27,30-35,37,56H,14-24,45-47H2,1-4H3,(H,48,64)(H,49,57)(H,50,60)(H,51,58)(H,52,62)(H,53,63)(H,54,59)(H,55,61)/t27-,30+,31+,32+,33+,34+,35-,37+/m1/s1. The number of nitrogens with two attached hydrogens (primary N) is 3. The fourth-order valence-electron chi connectivity index (χ4n) is 6.94. The maximum absolute atomic E-state index is 14.2. The largest absolute Gasteiger partial charge is 0.391 e. The molecule has 1 heterocycles. The highest BCUT2D eigenvalue weighted by atomic mass is 16.3. The molecule has 0 saturated carbocycles. The van der Waals surface area contributed by atoms with E-state index in [0.29, 0.717) is 11.1 Å². The second-order valence-electron chi connectivity index (χ2n) is 16.4. The Morgan fingerprint density at radius 2 is 1.09 bits per heavy atom. The summed E-state index contributed by atoms with van der Waals surface area (Å²) >= 11 is 0. The Labute approximate surface area is 374 Å². The van der Waals surface area contributed by atoms with Crippen LogP contribution in [0.25, 0.3) is 0 Å². The van der Waals surface area contributed by atoms with E-state index in [1.807, 2.05) is 32.9 Å². The Morgan fingerprint density at radius 1 is 0.625 bits per heavy atom. The maximum Gasteiger partial charge on any atom is 0.245 e. The molecular formula is C44H67N11O9. The summed E-state index contributed by atoms with van der Waals surface area (Å²) < 4.78 is 0. The average molecular weight is 894 g/mol. The number of nitrogens with one attached hydrogen (secondary N) is 8. The lowest BCUT2D eigenvalue weighted by molar-refractivity contribution is -0.136. The number of carbonyl (C=O) groups excluding carboxylic acids is 8. The summed E-state index contributed by atoms with van der Waals surface area (Å²) in [5, 5.41) is 31.6. The molecule has 8 amide bonds. The molecular weight excluding hydrogens is 827 g/mol. The third-order valence-corrected chi connectivity index (χ3v) is 10.5. The van der Waals surface area contributed by atoms with Gasteiger partial charge in [-0.1, -0.05) is 74.0 Å². The van der Waals surface area contributed by atoms with Gasteiger partial charge in [-0.15, -0.1) is 0 Å². The Morgan fingerprint density at radius 3 is 1.61 bits per heavy atom. The second kappa shape index (κ2) is 26.6. The van der Waals surface area contributed by atoms with Crippen LogP contribution in [0.2, 0.25) is 0 Å². The maximum atomic E-state index is 14.2. The van der Waals surface area contributed by atoms with E-state index in [9.17, 15) is 43.5 Å². The first-order valence-corrected chi connectivity index (χ1v) is 21.7. The van der Waals surface area contributed by atoms with Crippen LogP contribution in [0, 0.1) is 12.8 Å². The molecule has 3 rings (SSSR count). The molecule has 352 valence electrons. The number of aliphatic hydroxyl groups is 1. The highest BCUT2D eigenvalue weighted by Gasteiger charge is 2.35. The van der Waals surface area contributed by atoms with Crippen LogP contribution in [0.4, 0.5) is 0 Å². The minimum Gasteiger partial charge on any atom is -0.391 e. The van der Waals surface area contributed by atoms with Crippen LogP contribution in [0.1, 0.15) is 69.6 Å². The first kappa shape index (κ1) is 52.4. The van der Waals surface area contributed by atoms with Crippen molar-refractivity contribution >= 4 is 47.3 Å². The lowest BCUT2D eigenvalue weighted by atomic mass is 10.00. The molecule has 0 aromatic heterocycles. The second-order valence-corrected chi connectivity index (χ2v) is 16.4. The SMILES string of the molecule is Cc1ccc(CC(=O)N[C@H]2CCNC(=O)[C@H]([C@@H](C)O)NC(=O)[C@H](CCN)NC(=O)[C@H](CCN)NC(=O)[C@H](CC(C)C)NC(=O)[C@@H](Cc3ccccc3)NC(=O)[C@H](CCN)NC2=O)cc1. The Kier molecular flexibility index (Phi) is 21.8. The average Bonchev–Trinajstić information content (AvgIpc) is 3.24. The van der Waals surface area contributed by atoms with Crippen molar-refractivity contribution in [1.82, 2.24) is 42.5 Å². The molecule has 0 spiro atoms. The summed E-state index contributed by atoms with van der Waals surface area (Å²) in [6.07, 6.45) is -1.90. The van der Waals surface area contributed by atoms with Crippen LogP contribution < -0.4 is 59.7 Å². The molecule has 0 aliphatic carbocycles. The fourth-order valence-corrected chi connectivity index (χ4v) is 6.94. The van der Waals surface area contributed by atoms with Gasteiger partial charge in [0.25, 0.3) is 0 Å². The van der Waals surface area contributed by atoms with Crippen molar-refractivity contribution in [2.45, 2.75) is 121 Å². The van der Waals surface area contributed by atoms with Gasteiger partial charge >= 0.3 is 0 Å². The van der Waals surface area contributed by atoms with E-state index in [4.69, 9.17) is 17.2 Å². The van der Waals surface area contributed by atoms with E-state index in [1.165, 1.54) is 6.92 Å². The Hall–Kier alpha value is -5.96. The Bertz CT molecular complexity index is 1880. The molecule has 0 bridgehead atoms. The van der Waals surface area contributed by atoms with Crippen LogP contribution in [0.3, 0.4) is 0 Å². The zero-order chi connectivity index (χ0) is 47.3. The lowest BCUT2D eigenvalue weighted by Crippen LogP contribution is -2.61. The van der Waals surface area contributed by atoms with E-state index in [-0.39, 0.29) is 77.0 Å². The third-order valence-electron chi connectivity index (χ3n) is 10.5. The van der Waals surface area contributed by atoms with E-state index in [2.05, 4.69) is 42.5 Å². The van der Waals surface area contributed by atoms with Gasteiger partial charge in [-0.3, -0.25) is 38.4 Å². The molecule has 20 heteroatoms. The molecule has 0 radical (unpaired) electrons. The lowest BCUT2D eigenvalue weighted by Gasteiger charge is -2.28. The first-order valence-electron chi connectivity index (χ1n) is 21.7. The third kappa shape index (κ3) is 17.3. The van der Waals surface area contributed by atoms with E-state index < -0.39 is 95.7 Å². The highest BCUT2D eigenvalue weighted by Crippen LogP contribution is 2.11. The summed E-state index contributed by atoms with van der Waals surface area (Å²) in [6.45, 7) is 6.36. The summed E-state index contributed by atoms with van der Waals surface area (Å²) in [4.78, 5) is 110. The van der Waals surface area contributed by atoms with Crippen LogP contribution >= 0.6 is 0 Å². The minimum atomic E-state index is -1.55. The number of rotatable bonds is 14. The quantitative estimate of drug-likeness (QED) is 0.0914. The number of benzene rings is 2. The zero-order valence-electron chi connectivity index (χ0n) is 37.1. The van der Waals surface area contributed by atoms with Crippen molar-refractivity contribution in [2.24, 2.45) is 23.1 Å². The van der Waals surface area contributed by atoms with Crippen LogP contribution in [-0.2, 0) is 51.2 Å². The van der Waals surface area contributed by atoms with Crippen molar-refractivity contribution in [3.8, 4) is 0 Å². The molecule has 1 saturated heterocycles. The smallest absolute Gasteiger partial charge is 0.245 e. The minimum absolute atomic E-state index is 0.0225. The number of aryl methyl sites for hydroxylation is 1. The van der Waals surface area contributed by atoms with Gasteiger partial charge in [0.05, 0.1) is 12.5 Å². The van der Waals surface area contributed by atoms with Crippen molar-refractivity contribution in [3.63, 3.8) is 0 Å². The van der Waals surface area contributed by atoms with Gasteiger partial charge in [0.1, 0.15) is 42.3 Å². The van der Waals surface area contributed by atoms with Gasteiger partial charge in [-0.05, 0) is 82.6 Å². The van der Waals surface area contributed by atoms with E-state index in [1.54, 1.807) is 42.5 Å². The van der Waals surface area contributed by atoms with E-state index >= 15 is 0 Å². The van der Waals surface area contributed by atoms with Crippen molar-refractivity contribution < 1.29 is 43.5 Å². The van der Waals surface area contributed by atoms with E-state index in [0.717, 1.165) is 5.56 Å². The first-order chi connectivity index (χ1) is 30.4. The molecule has 1 aliphatic heterocycles. The molecule has 20 nitrogen and oxygen atoms in total. The van der Waals surface area contributed by atoms with Gasteiger partial charge in [-0.25, -0.2) is 0 Å². The highest BCUT2D eigenvalue weighted by molar-refractivity contribution is 5.98. The van der Waals surface area contributed by atoms with Gasteiger partial charge in [0.15, 0.2) is 0 Å². The molecule has 15 N–H and O–H groups in total. The molecule has 1 aliphatic rings. The van der Waals surface area contributed by atoms with Crippen molar-refractivity contribution in [1.29, 1.82) is 0 Å². The monoisotopic (exact) mass is 894 g/mol. The number of aliphatic hydroxyl groups excluding tert-OH is 1.